The zero-order valence-corrected chi connectivity index (χ0v) is 12.0. The highest BCUT2D eigenvalue weighted by Gasteiger charge is 2.13. The van der Waals surface area contributed by atoms with E-state index in [-0.39, 0.29) is 11.9 Å². The number of methoxy groups -OCH3 is 1. The quantitative estimate of drug-likeness (QED) is 0.757. The van der Waals surface area contributed by atoms with Crippen molar-refractivity contribution in [1.29, 1.82) is 0 Å². The molecule has 1 amide bonds. The van der Waals surface area contributed by atoms with Crippen molar-refractivity contribution in [2.45, 2.75) is 25.8 Å². The number of ether oxygens (including phenoxy) is 1. The largest absolute Gasteiger partial charge is 0.383 e. The Morgan fingerprint density at radius 2 is 2.35 bits per heavy atom. The summed E-state index contributed by atoms with van der Waals surface area (Å²) in [4.78, 5) is 16.2. The Morgan fingerprint density at radius 1 is 1.55 bits per heavy atom. The molecule has 0 aliphatic rings. The molecule has 1 heterocycles. The molecule has 3 N–H and O–H groups in total. The third kappa shape index (κ3) is 5.39. The van der Waals surface area contributed by atoms with E-state index in [4.69, 9.17) is 10.5 Å². The molecule has 0 fully saturated rings. The van der Waals surface area contributed by atoms with Gasteiger partial charge >= 0.3 is 0 Å². The van der Waals surface area contributed by atoms with E-state index in [1.807, 2.05) is 0 Å². The lowest BCUT2D eigenvalue weighted by Crippen LogP contribution is -2.38. The van der Waals surface area contributed by atoms with Crippen molar-refractivity contribution in [3.63, 3.8) is 0 Å². The van der Waals surface area contributed by atoms with E-state index in [1.165, 1.54) is 0 Å². The second kappa shape index (κ2) is 9.08. The smallest absolute Gasteiger partial charge is 0.270 e. The number of carbonyl (C=O) groups excluding carboxylic acids is 1. The van der Waals surface area contributed by atoms with Gasteiger partial charge in [-0.15, -0.1) is 0 Å². The van der Waals surface area contributed by atoms with Crippen molar-refractivity contribution in [1.82, 2.24) is 10.3 Å². The zero-order valence-electron chi connectivity index (χ0n) is 12.0. The van der Waals surface area contributed by atoms with Gasteiger partial charge in [-0.3, -0.25) is 4.79 Å². The molecule has 20 heavy (non-hydrogen) atoms. The lowest BCUT2D eigenvalue weighted by molar-refractivity contribution is 0.0886. The third-order valence-electron chi connectivity index (χ3n) is 2.67. The molecule has 1 aromatic heterocycles. The van der Waals surface area contributed by atoms with Crippen molar-refractivity contribution in [2.24, 2.45) is 5.73 Å². The van der Waals surface area contributed by atoms with Gasteiger partial charge in [0.1, 0.15) is 5.69 Å². The summed E-state index contributed by atoms with van der Waals surface area (Å²) in [5.74, 6) is 5.41. The summed E-state index contributed by atoms with van der Waals surface area (Å²) in [7, 11) is 1.62. The summed E-state index contributed by atoms with van der Waals surface area (Å²) < 4.78 is 5.09. The number of pyridine rings is 1. The van der Waals surface area contributed by atoms with Crippen LogP contribution in [0.3, 0.4) is 0 Å². The van der Waals surface area contributed by atoms with E-state index in [1.54, 1.807) is 25.4 Å². The molecule has 0 spiro atoms. The first-order valence-electron chi connectivity index (χ1n) is 6.66. The molecule has 0 aliphatic carbocycles. The van der Waals surface area contributed by atoms with Gasteiger partial charge in [-0.2, -0.15) is 0 Å². The number of hydrogen-bond donors (Lipinski definition) is 2. The lowest BCUT2D eigenvalue weighted by atomic mass is 10.1. The molecule has 0 aromatic carbocycles. The average Bonchev–Trinajstić information content (AvgIpc) is 2.46. The molecule has 0 bridgehead atoms. The molecule has 1 unspecified atom stereocenters. The normalized spacial score (nSPS) is 11.3. The average molecular weight is 275 g/mol. The van der Waals surface area contributed by atoms with Gasteiger partial charge in [-0.1, -0.05) is 25.2 Å². The van der Waals surface area contributed by atoms with Gasteiger partial charge in [0.25, 0.3) is 5.91 Å². The topological polar surface area (TPSA) is 77.2 Å². The number of nitrogens with one attached hydrogen (secondary N) is 1. The molecule has 1 rings (SSSR count). The first-order chi connectivity index (χ1) is 9.71. The highest BCUT2D eigenvalue weighted by Crippen LogP contribution is 2.02. The van der Waals surface area contributed by atoms with Crippen LogP contribution in [-0.2, 0) is 4.74 Å². The van der Waals surface area contributed by atoms with E-state index in [2.05, 4.69) is 29.1 Å². The fourth-order valence-corrected chi connectivity index (χ4v) is 1.76. The Morgan fingerprint density at radius 3 is 2.90 bits per heavy atom. The summed E-state index contributed by atoms with van der Waals surface area (Å²) in [5, 5.41) is 2.92. The highest BCUT2D eigenvalue weighted by molar-refractivity contribution is 5.92. The molecule has 0 aliphatic heterocycles. The van der Waals surface area contributed by atoms with Crippen molar-refractivity contribution in [3.05, 3.63) is 29.6 Å². The summed E-state index contributed by atoms with van der Waals surface area (Å²) in [6.07, 6.45) is 3.43. The van der Waals surface area contributed by atoms with Gasteiger partial charge in [-0.05, 0) is 18.6 Å². The number of nitrogens with two attached hydrogens (primary N) is 1. The zero-order chi connectivity index (χ0) is 14.8. The summed E-state index contributed by atoms with van der Waals surface area (Å²) in [5.41, 5.74) is 6.42. The molecule has 1 aromatic rings. The van der Waals surface area contributed by atoms with Crippen LogP contribution in [0.4, 0.5) is 0 Å². The maximum Gasteiger partial charge on any atom is 0.270 e. The van der Waals surface area contributed by atoms with Gasteiger partial charge in [0.2, 0.25) is 0 Å². The minimum atomic E-state index is -0.196. The fourth-order valence-electron chi connectivity index (χ4n) is 1.76. The summed E-state index contributed by atoms with van der Waals surface area (Å²) in [6.45, 7) is 2.87. The predicted octanol–water partition coefficient (Wildman–Crippen LogP) is 0.937. The van der Waals surface area contributed by atoms with Crippen LogP contribution in [0.1, 0.15) is 35.8 Å². The molecule has 108 valence electrons. The minimum absolute atomic E-state index is 0.0102. The van der Waals surface area contributed by atoms with Crippen LogP contribution in [0, 0.1) is 11.8 Å². The number of hydrogen-bond acceptors (Lipinski definition) is 4. The van der Waals surface area contributed by atoms with E-state index in [0.29, 0.717) is 18.8 Å². The van der Waals surface area contributed by atoms with E-state index < -0.39 is 0 Å². The summed E-state index contributed by atoms with van der Waals surface area (Å²) in [6, 6.07) is 3.43. The predicted molar refractivity (Wildman–Crippen MR) is 78.2 cm³/mol. The van der Waals surface area contributed by atoms with E-state index in [0.717, 1.165) is 18.4 Å². The molecule has 0 saturated heterocycles. The fraction of sp³-hybridized carbons (Fsp3) is 0.467. The summed E-state index contributed by atoms with van der Waals surface area (Å²) >= 11 is 0. The molecular formula is C15H21N3O2. The van der Waals surface area contributed by atoms with Gasteiger partial charge < -0.3 is 15.8 Å². The van der Waals surface area contributed by atoms with Crippen molar-refractivity contribution in [3.8, 4) is 11.8 Å². The molecule has 0 radical (unpaired) electrons. The first-order valence-corrected chi connectivity index (χ1v) is 6.66. The SMILES string of the molecule is CCCC(COC)NC(=O)c1ccc(C#CCN)cn1. The molecule has 5 heteroatoms. The van der Waals surface area contributed by atoms with Crippen LogP contribution in [-0.4, -0.2) is 37.2 Å². The van der Waals surface area contributed by atoms with Crippen molar-refractivity contribution >= 4 is 5.91 Å². The Labute approximate surface area is 119 Å². The number of amides is 1. The number of nitrogens with zero attached hydrogens (tertiary/aromatic N) is 1. The second-order valence-corrected chi connectivity index (χ2v) is 4.35. The molecular weight excluding hydrogens is 254 g/mol. The van der Waals surface area contributed by atoms with Crippen LogP contribution in [0.5, 0.6) is 0 Å². The van der Waals surface area contributed by atoms with Gasteiger partial charge in [0.05, 0.1) is 19.2 Å². The van der Waals surface area contributed by atoms with Gasteiger partial charge in [-0.25, -0.2) is 4.98 Å². The maximum atomic E-state index is 12.0. The standard InChI is InChI=1S/C15H21N3O2/c1-3-5-13(11-20-2)18-15(19)14-8-7-12(10-17-14)6-4-9-16/h7-8,10,13H,3,5,9,11,16H2,1-2H3,(H,18,19). The van der Waals surface area contributed by atoms with Crippen molar-refractivity contribution < 1.29 is 9.53 Å². The molecule has 0 saturated carbocycles. The maximum absolute atomic E-state index is 12.0. The van der Waals surface area contributed by atoms with Crippen LogP contribution < -0.4 is 11.1 Å². The van der Waals surface area contributed by atoms with E-state index >= 15 is 0 Å². The van der Waals surface area contributed by atoms with Gasteiger partial charge in [0, 0.05) is 18.9 Å². The lowest BCUT2D eigenvalue weighted by Gasteiger charge is -2.16. The van der Waals surface area contributed by atoms with Crippen LogP contribution >= 0.6 is 0 Å². The minimum Gasteiger partial charge on any atom is -0.383 e. The third-order valence-corrected chi connectivity index (χ3v) is 2.67. The Hall–Kier alpha value is -1.90. The number of rotatable bonds is 6. The number of aromatic nitrogens is 1. The highest BCUT2D eigenvalue weighted by atomic mass is 16.5. The van der Waals surface area contributed by atoms with Gasteiger partial charge in [0.15, 0.2) is 0 Å². The monoisotopic (exact) mass is 275 g/mol. The van der Waals surface area contributed by atoms with Crippen LogP contribution in [0.15, 0.2) is 18.3 Å². The second-order valence-electron chi connectivity index (χ2n) is 4.35. The Balaban J connectivity index is 2.66. The van der Waals surface area contributed by atoms with Crippen LogP contribution in [0.2, 0.25) is 0 Å². The van der Waals surface area contributed by atoms with Crippen molar-refractivity contribution in [2.75, 3.05) is 20.3 Å². The van der Waals surface area contributed by atoms with Crippen LogP contribution in [0.25, 0.3) is 0 Å². The number of carbonyl (C=O) groups is 1. The first kappa shape index (κ1) is 16.2. The Kier molecular flexibility index (Phi) is 7.33. The molecule has 5 nitrogen and oxygen atoms in total. The Bertz CT molecular complexity index is 468. The molecule has 1 atom stereocenters. The van der Waals surface area contributed by atoms with E-state index in [9.17, 15) is 4.79 Å².